The van der Waals surface area contributed by atoms with E-state index in [0.717, 1.165) is 6.54 Å². The highest BCUT2D eigenvalue weighted by Gasteiger charge is 1.99. The van der Waals surface area contributed by atoms with Gasteiger partial charge < -0.3 is 4.90 Å². The van der Waals surface area contributed by atoms with Gasteiger partial charge in [-0.3, -0.25) is 3.53 Å². The first-order valence-corrected chi connectivity index (χ1v) is 6.48. The van der Waals surface area contributed by atoms with Crippen molar-refractivity contribution >= 4 is 22.9 Å². The van der Waals surface area contributed by atoms with Gasteiger partial charge in [0, 0.05) is 36.0 Å². The topological polar surface area (TPSA) is 15.3 Å². The van der Waals surface area contributed by atoms with Crippen LogP contribution in [0.25, 0.3) is 0 Å². The Labute approximate surface area is 97.0 Å². The number of hydrogen-bond acceptors (Lipinski definition) is 2. The Bertz CT molecular complexity index is 98.9. The summed E-state index contributed by atoms with van der Waals surface area (Å²) in [7, 11) is 0. The van der Waals surface area contributed by atoms with Gasteiger partial charge in [-0.25, -0.2) is 0 Å². The summed E-state index contributed by atoms with van der Waals surface area (Å²) in [5.74, 6) is 0. The Hall–Kier alpha value is 0.650. The molecule has 0 heterocycles. The van der Waals surface area contributed by atoms with E-state index in [9.17, 15) is 0 Å². The molecule has 0 aliphatic rings. The zero-order valence-electron chi connectivity index (χ0n) is 8.98. The van der Waals surface area contributed by atoms with Crippen molar-refractivity contribution in [2.45, 2.75) is 39.5 Å². The Morgan fingerprint density at radius 2 is 1.85 bits per heavy atom. The van der Waals surface area contributed by atoms with E-state index < -0.39 is 0 Å². The highest BCUT2D eigenvalue weighted by Crippen LogP contribution is 2.00. The van der Waals surface area contributed by atoms with Crippen LogP contribution in [-0.2, 0) is 0 Å². The van der Waals surface area contributed by atoms with E-state index >= 15 is 0 Å². The number of unbranched alkanes of at least 4 members (excludes halogenated alkanes) is 3. The highest BCUT2D eigenvalue weighted by molar-refractivity contribution is 14.1. The van der Waals surface area contributed by atoms with Gasteiger partial charge in [-0.2, -0.15) is 0 Å². The van der Waals surface area contributed by atoms with Crippen LogP contribution in [0.2, 0.25) is 0 Å². The van der Waals surface area contributed by atoms with Gasteiger partial charge in [0.05, 0.1) is 0 Å². The molecule has 0 radical (unpaired) electrons. The van der Waals surface area contributed by atoms with E-state index in [4.69, 9.17) is 0 Å². The van der Waals surface area contributed by atoms with Gasteiger partial charge in [0.2, 0.25) is 0 Å². The smallest absolute Gasteiger partial charge is 0.0178 e. The third-order valence-corrected chi connectivity index (χ3v) is 2.84. The van der Waals surface area contributed by atoms with Crippen molar-refractivity contribution in [3.63, 3.8) is 0 Å². The largest absolute Gasteiger partial charge is 0.302 e. The molecule has 80 valence electrons. The van der Waals surface area contributed by atoms with Gasteiger partial charge in [-0.15, -0.1) is 0 Å². The van der Waals surface area contributed by atoms with E-state index in [1.165, 1.54) is 45.3 Å². The molecule has 0 unspecified atom stereocenters. The first-order chi connectivity index (χ1) is 6.35. The van der Waals surface area contributed by atoms with Crippen molar-refractivity contribution in [1.29, 1.82) is 0 Å². The fraction of sp³-hybridized carbons (Fsp3) is 1.00. The van der Waals surface area contributed by atoms with Crippen LogP contribution in [-0.4, -0.2) is 31.1 Å². The van der Waals surface area contributed by atoms with Crippen molar-refractivity contribution in [1.82, 2.24) is 8.43 Å². The summed E-state index contributed by atoms with van der Waals surface area (Å²) in [5, 5.41) is 0. The Kier molecular flexibility index (Phi) is 11.3. The molecule has 0 aromatic heterocycles. The van der Waals surface area contributed by atoms with Crippen LogP contribution >= 0.6 is 22.9 Å². The van der Waals surface area contributed by atoms with Crippen molar-refractivity contribution in [3.05, 3.63) is 0 Å². The van der Waals surface area contributed by atoms with Gasteiger partial charge in [0.15, 0.2) is 0 Å². The van der Waals surface area contributed by atoms with Gasteiger partial charge in [-0.1, -0.05) is 33.1 Å². The molecule has 0 fully saturated rings. The Morgan fingerprint density at radius 3 is 2.38 bits per heavy atom. The number of halogens is 1. The minimum Gasteiger partial charge on any atom is -0.302 e. The van der Waals surface area contributed by atoms with Gasteiger partial charge >= 0.3 is 0 Å². The summed E-state index contributed by atoms with van der Waals surface area (Å²) in [5.41, 5.74) is 0. The van der Waals surface area contributed by atoms with Crippen LogP contribution in [0.15, 0.2) is 0 Å². The molecule has 0 saturated carbocycles. The summed E-state index contributed by atoms with van der Waals surface area (Å²) < 4.78 is 3.16. The molecular weight excluding hydrogens is 275 g/mol. The molecule has 0 amide bonds. The summed E-state index contributed by atoms with van der Waals surface area (Å²) in [6.45, 7) is 9.25. The molecule has 3 heteroatoms. The second-order valence-corrected chi connectivity index (χ2v) is 4.14. The lowest BCUT2D eigenvalue weighted by atomic mass is 10.2. The average molecular weight is 298 g/mol. The van der Waals surface area contributed by atoms with Crippen LogP contribution < -0.4 is 3.53 Å². The normalized spacial score (nSPS) is 11.1. The van der Waals surface area contributed by atoms with Gasteiger partial charge in [-0.05, 0) is 19.5 Å². The number of likely N-dealkylation sites (N-methyl/N-ethyl adjacent to an activating group) is 1. The zero-order chi connectivity index (χ0) is 9.94. The first kappa shape index (κ1) is 13.7. The molecule has 0 aromatic carbocycles. The lowest BCUT2D eigenvalue weighted by molar-refractivity contribution is 0.287. The number of nitrogens with one attached hydrogen (secondary N) is 1. The van der Waals surface area contributed by atoms with E-state index in [-0.39, 0.29) is 0 Å². The SMILES string of the molecule is CCCCCCN(CC)CCNI. The summed E-state index contributed by atoms with van der Waals surface area (Å²) in [6, 6.07) is 0. The number of nitrogens with zero attached hydrogens (tertiary/aromatic N) is 1. The summed E-state index contributed by atoms with van der Waals surface area (Å²) in [6.07, 6.45) is 5.48. The van der Waals surface area contributed by atoms with E-state index in [1.54, 1.807) is 0 Å². The molecule has 0 rings (SSSR count). The van der Waals surface area contributed by atoms with Crippen LogP contribution in [0.1, 0.15) is 39.5 Å². The lowest BCUT2D eigenvalue weighted by Crippen LogP contribution is -2.30. The Morgan fingerprint density at radius 1 is 1.08 bits per heavy atom. The van der Waals surface area contributed by atoms with Crippen LogP contribution in [0.3, 0.4) is 0 Å². The van der Waals surface area contributed by atoms with E-state index in [2.05, 4.69) is 45.1 Å². The third-order valence-electron chi connectivity index (χ3n) is 2.30. The van der Waals surface area contributed by atoms with E-state index in [0.29, 0.717) is 0 Å². The molecule has 0 bridgehead atoms. The van der Waals surface area contributed by atoms with Crippen molar-refractivity contribution in [3.8, 4) is 0 Å². The maximum absolute atomic E-state index is 3.16. The fourth-order valence-electron chi connectivity index (χ4n) is 1.39. The van der Waals surface area contributed by atoms with Crippen LogP contribution in [0, 0.1) is 0 Å². The molecule has 0 aliphatic carbocycles. The minimum absolute atomic E-state index is 1.10. The van der Waals surface area contributed by atoms with Crippen molar-refractivity contribution in [2.24, 2.45) is 0 Å². The zero-order valence-corrected chi connectivity index (χ0v) is 11.1. The lowest BCUT2D eigenvalue weighted by Gasteiger charge is -2.19. The van der Waals surface area contributed by atoms with Crippen LogP contribution in [0.4, 0.5) is 0 Å². The van der Waals surface area contributed by atoms with E-state index in [1.807, 2.05) is 0 Å². The second kappa shape index (κ2) is 10.7. The molecule has 0 spiro atoms. The van der Waals surface area contributed by atoms with Crippen molar-refractivity contribution in [2.75, 3.05) is 26.2 Å². The fourth-order valence-corrected chi connectivity index (χ4v) is 1.63. The monoisotopic (exact) mass is 298 g/mol. The molecule has 0 atom stereocenters. The van der Waals surface area contributed by atoms with Gasteiger partial charge in [0.1, 0.15) is 0 Å². The predicted molar refractivity (Wildman–Crippen MR) is 68.3 cm³/mol. The predicted octanol–water partition coefficient (Wildman–Crippen LogP) is 2.83. The molecule has 13 heavy (non-hydrogen) atoms. The minimum atomic E-state index is 1.10. The van der Waals surface area contributed by atoms with Crippen molar-refractivity contribution < 1.29 is 0 Å². The standard InChI is InChI=1S/C10H23IN2/c1-3-5-6-7-9-13(4-2)10-8-12-11/h12H,3-10H2,1-2H3. The Balaban J connectivity index is 3.25. The van der Waals surface area contributed by atoms with Crippen LogP contribution in [0.5, 0.6) is 0 Å². The first-order valence-electron chi connectivity index (χ1n) is 5.41. The average Bonchev–Trinajstić information content (AvgIpc) is 2.17. The summed E-state index contributed by atoms with van der Waals surface area (Å²) >= 11 is 2.21. The number of rotatable bonds is 9. The molecule has 0 aliphatic heterocycles. The highest BCUT2D eigenvalue weighted by atomic mass is 127. The molecule has 2 nitrogen and oxygen atoms in total. The maximum atomic E-state index is 3.16. The maximum Gasteiger partial charge on any atom is 0.0178 e. The molecular formula is C10H23IN2. The molecule has 0 saturated heterocycles. The number of hydrogen-bond donors (Lipinski definition) is 1. The van der Waals surface area contributed by atoms with Gasteiger partial charge in [0.25, 0.3) is 0 Å². The molecule has 0 aromatic rings. The quantitative estimate of drug-likeness (QED) is 0.400. The third kappa shape index (κ3) is 8.97. The second-order valence-electron chi connectivity index (χ2n) is 3.38. The molecule has 1 N–H and O–H groups in total. The summed E-state index contributed by atoms with van der Waals surface area (Å²) in [4.78, 5) is 2.52.